The van der Waals surface area contributed by atoms with E-state index in [1.165, 1.54) is 5.01 Å². The minimum Gasteiger partial charge on any atom is -0.451 e. The Balaban J connectivity index is 1.31. The molecule has 0 spiro atoms. The first-order chi connectivity index (χ1) is 20.7. The number of hydrogen-bond donors (Lipinski definition) is 1. The molecule has 3 aromatic carbocycles. The molecule has 10 heteroatoms. The fourth-order valence-electron chi connectivity index (χ4n) is 5.94. The summed E-state index contributed by atoms with van der Waals surface area (Å²) in [6, 6.07) is 23.5. The lowest BCUT2D eigenvalue weighted by Gasteiger charge is -2.40. The molecular formula is C33H29ClN4O5. The van der Waals surface area contributed by atoms with Gasteiger partial charge in [-0.1, -0.05) is 66.2 Å². The van der Waals surface area contributed by atoms with Crippen molar-refractivity contribution < 1.29 is 18.8 Å². The molecule has 218 valence electrons. The van der Waals surface area contributed by atoms with E-state index in [4.69, 9.17) is 16.0 Å². The fourth-order valence-corrected chi connectivity index (χ4v) is 6.06. The third-order valence-corrected chi connectivity index (χ3v) is 8.33. The molecule has 4 aromatic rings. The van der Waals surface area contributed by atoms with Gasteiger partial charge in [0.25, 0.3) is 11.8 Å². The number of nitrogens with zero attached hydrogens (tertiary/aromatic N) is 3. The number of halogens is 1. The second kappa shape index (κ2) is 11.5. The zero-order valence-corrected chi connectivity index (χ0v) is 24.2. The molecule has 0 bridgehead atoms. The van der Waals surface area contributed by atoms with Crippen LogP contribution in [-0.4, -0.2) is 59.5 Å². The Bertz CT molecular complexity index is 1800. The highest BCUT2D eigenvalue weighted by Gasteiger charge is 2.53. The molecular weight excluding hydrogens is 568 g/mol. The quantitative estimate of drug-likeness (QED) is 0.346. The van der Waals surface area contributed by atoms with E-state index in [0.717, 1.165) is 22.9 Å². The van der Waals surface area contributed by atoms with Crippen molar-refractivity contribution in [3.05, 3.63) is 117 Å². The Kier molecular flexibility index (Phi) is 7.58. The molecule has 1 N–H and O–H groups in total. The lowest BCUT2D eigenvalue weighted by atomic mass is 9.73. The third kappa shape index (κ3) is 5.56. The topological polar surface area (TPSA) is 112 Å². The molecule has 43 heavy (non-hydrogen) atoms. The van der Waals surface area contributed by atoms with Gasteiger partial charge in [-0.05, 0) is 41.8 Å². The number of likely N-dealkylation sites (tertiary alicyclic amines) is 1. The van der Waals surface area contributed by atoms with Crippen LogP contribution in [0.3, 0.4) is 0 Å². The Hall–Kier alpha value is -4.76. The lowest BCUT2D eigenvalue weighted by Crippen LogP contribution is -2.59. The Morgan fingerprint density at radius 2 is 1.72 bits per heavy atom. The summed E-state index contributed by atoms with van der Waals surface area (Å²) >= 11 is 6.08. The zero-order chi connectivity index (χ0) is 30.1. The van der Waals surface area contributed by atoms with Gasteiger partial charge in [-0.3, -0.25) is 19.2 Å². The summed E-state index contributed by atoms with van der Waals surface area (Å²) in [4.78, 5) is 55.5. The second-order valence-electron chi connectivity index (χ2n) is 11.0. The van der Waals surface area contributed by atoms with E-state index in [-0.39, 0.29) is 41.6 Å². The van der Waals surface area contributed by atoms with Gasteiger partial charge in [0.05, 0.1) is 11.1 Å². The van der Waals surface area contributed by atoms with Crippen molar-refractivity contribution in [2.24, 2.45) is 10.5 Å². The van der Waals surface area contributed by atoms with E-state index < -0.39 is 17.4 Å². The van der Waals surface area contributed by atoms with Crippen LogP contribution in [0.5, 0.6) is 0 Å². The predicted octanol–water partition coefficient (Wildman–Crippen LogP) is 4.08. The van der Waals surface area contributed by atoms with E-state index in [2.05, 4.69) is 10.4 Å². The van der Waals surface area contributed by atoms with Crippen LogP contribution in [0.2, 0.25) is 5.02 Å². The van der Waals surface area contributed by atoms with E-state index in [9.17, 15) is 19.2 Å². The lowest BCUT2D eigenvalue weighted by molar-refractivity contribution is -0.140. The van der Waals surface area contributed by atoms with Gasteiger partial charge in [-0.15, -0.1) is 0 Å². The molecule has 1 unspecified atom stereocenters. The van der Waals surface area contributed by atoms with Crippen molar-refractivity contribution in [2.75, 3.05) is 20.1 Å². The maximum absolute atomic E-state index is 14.2. The largest absolute Gasteiger partial charge is 0.451 e. The average Bonchev–Trinajstić information content (AvgIpc) is 3.26. The Labute approximate surface area is 252 Å². The number of piperidine rings is 1. The molecule has 6 rings (SSSR count). The molecule has 0 radical (unpaired) electrons. The zero-order valence-electron chi connectivity index (χ0n) is 23.5. The summed E-state index contributed by atoms with van der Waals surface area (Å²) < 4.78 is 5.74. The first-order valence-corrected chi connectivity index (χ1v) is 14.4. The number of amides is 3. The first-order valence-electron chi connectivity index (χ1n) is 14.0. The maximum atomic E-state index is 14.2. The summed E-state index contributed by atoms with van der Waals surface area (Å²) in [6.45, 7) is 0.466. The number of nitrogens with one attached hydrogen (secondary N) is 1. The van der Waals surface area contributed by atoms with Crippen LogP contribution < -0.4 is 10.7 Å². The SMILES string of the molecule is CN1N=C2CCN(C(=O)[C@@H](Cc3ccc(Cl)cc3)NC(=O)c3cc(=O)c4ccccc4o3)CC2(Cc2ccccc2)C1=O. The summed E-state index contributed by atoms with van der Waals surface area (Å²) in [5.41, 5.74) is 1.41. The van der Waals surface area contributed by atoms with E-state index >= 15 is 0 Å². The standard InChI is InChI=1S/C33H29ClN4O5/c1-37-32(42)33(19-22-7-3-2-4-8-22)20-38(16-15-29(33)36-37)31(41)25(17-21-11-13-23(34)14-12-21)35-30(40)28-18-26(39)24-9-5-6-10-27(24)43-28/h2-14,18,25H,15-17,19-20H2,1H3,(H,35,40)/t25-,33?/m1/s1. The number of hydrogen-bond acceptors (Lipinski definition) is 6. The van der Waals surface area contributed by atoms with Gasteiger partial charge < -0.3 is 14.6 Å². The molecule has 3 heterocycles. The van der Waals surface area contributed by atoms with Crippen LogP contribution in [0.1, 0.15) is 28.1 Å². The van der Waals surface area contributed by atoms with E-state index in [1.54, 1.807) is 60.5 Å². The van der Waals surface area contributed by atoms with Crippen molar-refractivity contribution in [1.82, 2.24) is 15.2 Å². The van der Waals surface area contributed by atoms with Crippen LogP contribution in [0.4, 0.5) is 0 Å². The highest BCUT2D eigenvalue weighted by molar-refractivity contribution is 6.30. The van der Waals surface area contributed by atoms with Gasteiger partial charge in [0, 0.05) is 44.1 Å². The van der Waals surface area contributed by atoms with Crippen molar-refractivity contribution in [2.45, 2.75) is 25.3 Å². The molecule has 2 atom stereocenters. The minimum absolute atomic E-state index is 0.126. The van der Waals surface area contributed by atoms with Crippen LogP contribution in [0.15, 0.2) is 99.2 Å². The predicted molar refractivity (Wildman–Crippen MR) is 163 cm³/mol. The number of rotatable bonds is 7. The number of fused-ring (bicyclic) bond motifs is 2. The number of carbonyl (C=O) groups excluding carboxylic acids is 3. The monoisotopic (exact) mass is 596 g/mol. The number of hydrazone groups is 1. The van der Waals surface area contributed by atoms with Crippen molar-refractivity contribution in [3.63, 3.8) is 0 Å². The van der Waals surface area contributed by atoms with E-state index in [0.29, 0.717) is 29.8 Å². The summed E-state index contributed by atoms with van der Waals surface area (Å²) in [5.74, 6) is -1.40. The molecule has 3 amide bonds. The molecule has 9 nitrogen and oxygen atoms in total. The van der Waals surface area contributed by atoms with Gasteiger partial charge in [0.15, 0.2) is 11.2 Å². The molecule has 2 aliphatic rings. The molecule has 2 aliphatic heterocycles. The Morgan fingerprint density at radius 1 is 1.00 bits per heavy atom. The molecule has 0 saturated carbocycles. The van der Waals surface area contributed by atoms with Crippen LogP contribution in [-0.2, 0) is 22.4 Å². The molecule has 1 aromatic heterocycles. The summed E-state index contributed by atoms with van der Waals surface area (Å²) in [5, 5.41) is 9.60. The van der Waals surface area contributed by atoms with Crippen molar-refractivity contribution in [1.29, 1.82) is 0 Å². The van der Waals surface area contributed by atoms with Crippen LogP contribution in [0.25, 0.3) is 11.0 Å². The normalized spacial score (nSPS) is 18.7. The maximum Gasteiger partial charge on any atom is 0.287 e. The first kappa shape index (κ1) is 28.4. The highest BCUT2D eigenvalue weighted by Crippen LogP contribution is 2.38. The second-order valence-corrected chi connectivity index (χ2v) is 11.4. The fraction of sp³-hybridized carbons (Fsp3) is 0.242. The highest BCUT2D eigenvalue weighted by atomic mass is 35.5. The summed E-state index contributed by atoms with van der Waals surface area (Å²) in [7, 11) is 1.63. The Morgan fingerprint density at radius 3 is 2.49 bits per heavy atom. The summed E-state index contributed by atoms with van der Waals surface area (Å²) in [6.07, 6.45) is 0.989. The third-order valence-electron chi connectivity index (χ3n) is 8.08. The number of carbonyl (C=O) groups is 3. The smallest absolute Gasteiger partial charge is 0.287 e. The van der Waals surface area contributed by atoms with Gasteiger partial charge in [-0.2, -0.15) is 5.10 Å². The molecule has 1 fully saturated rings. The van der Waals surface area contributed by atoms with Gasteiger partial charge >= 0.3 is 0 Å². The number of para-hydroxylation sites is 1. The minimum atomic E-state index is -1.01. The molecule has 0 aliphatic carbocycles. The van der Waals surface area contributed by atoms with Crippen molar-refractivity contribution >= 4 is 46.0 Å². The van der Waals surface area contributed by atoms with Crippen molar-refractivity contribution in [3.8, 4) is 0 Å². The van der Waals surface area contributed by atoms with Crippen LogP contribution >= 0.6 is 11.6 Å². The molecule has 1 saturated heterocycles. The van der Waals surface area contributed by atoms with E-state index in [1.807, 2.05) is 30.3 Å². The van der Waals surface area contributed by atoms with Gasteiger partial charge in [0.1, 0.15) is 17.0 Å². The number of benzene rings is 3. The van der Waals surface area contributed by atoms with Gasteiger partial charge in [-0.25, -0.2) is 5.01 Å². The average molecular weight is 597 g/mol. The van der Waals surface area contributed by atoms with Crippen LogP contribution in [0, 0.1) is 5.41 Å². The van der Waals surface area contributed by atoms with Gasteiger partial charge in [0.2, 0.25) is 5.91 Å².